The van der Waals surface area contributed by atoms with E-state index in [0.717, 1.165) is 43.1 Å². The number of rotatable bonds is 2. The van der Waals surface area contributed by atoms with Gasteiger partial charge in [-0.3, -0.25) is 9.59 Å². The van der Waals surface area contributed by atoms with Gasteiger partial charge in [0.25, 0.3) is 0 Å². The lowest BCUT2D eigenvalue weighted by Crippen LogP contribution is -2.59. The Morgan fingerprint density at radius 1 is 1.21 bits per heavy atom. The number of amides is 2. The maximum Gasteiger partial charge on any atom is 0.241 e. The molecule has 0 unspecified atom stereocenters. The minimum Gasteiger partial charge on any atom is -0.354 e. The summed E-state index contributed by atoms with van der Waals surface area (Å²) >= 11 is 0. The van der Waals surface area contributed by atoms with E-state index in [1.165, 1.54) is 5.56 Å². The highest BCUT2D eigenvalue weighted by atomic mass is 16.2. The van der Waals surface area contributed by atoms with Crippen molar-refractivity contribution in [3.8, 4) is 0 Å². The average Bonchev–Trinajstić information content (AvgIpc) is 2.99. The zero-order valence-electron chi connectivity index (χ0n) is 16.1. The van der Waals surface area contributed by atoms with Crippen molar-refractivity contribution in [1.82, 2.24) is 29.7 Å². The number of likely N-dealkylation sites (N-methyl/N-ethyl adjacent to an activating group) is 1. The fourth-order valence-electron chi connectivity index (χ4n) is 4.35. The van der Waals surface area contributed by atoms with Gasteiger partial charge in [-0.05, 0) is 13.0 Å². The van der Waals surface area contributed by atoms with Gasteiger partial charge in [0.05, 0.1) is 24.4 Å². The van der Waals surface area contributed by atoms with Crippen LogP contribution in [0.2, 0.25) is 0 Å². The van der Waals surface area contributed by atoms with Gasteiger partial charge in [0.2, 0.25) is 11.8 Å². The van der Waals surface area contributed by atoms with E-state index in [4.69, 9.17) is 4.98 Å². The summed E-state index contributed by atoms with van der Waals surface area (Å²) in [7, 11) is 1.79. The normalized spacial score (nSPS) is 20.9. The number of nitrogens with zero attached hydrogens (tertiary/aromatic N) is 6. The van der Waals surface area contributed by atoms with Gasteiger partial charge in [-0.2, -0.15) is 9.61 Å². The number of aromatic nitrogens is 3. The van der Waals surface area contributed by atoms with Crippen molar-refractivity contribution in [3.05, 3.63) is 23.5 Å². The molecule has 0 aromatic carbocycles. The molecule has 148 valence electrons. The first-order chi connectivity index (χ1) is 13.6. The van der Waals surface area contributed by atoms with Gasteiger partial charge >= 0.3 is 0 Å². The molecule has 2 amide bonds. The van der Waals surface area contributed by atoms with Crippen molar-refractivity contribution >= 4 is 23.3 Å². The van der Waals surface area contributed by atoms with Crippen LogP contribution in [0.15, 0.2) is 12.3 Å². The van der Waals surface area contributed by atoms with Crippen LogP contribution in [0.25, 0.3) is 5.65 Å². The minimum absolute atomic E-state index is 0.0148. The monoisotopic (exact) mass is 383 g/mol. The SMILES string of the molecule is CN1CCN(C(=O)C2CN(c3c4c(nc5ccnn35)CCNCC4)C2)CC1=O. The Balaban J connectivity index is 1.37. The summed E-state index contributed by atoms with van der Waals surface area (Å²) < 4.78 is 1.91. The predicted molar refractivity (Wildman–Crippen MR) is 103 cm³/mol. The van der Waals surface area contributed by atoms with E-state index in [2.05, 4.69) is 15.3 Å². The molecule has 0 radical (unpaired) electrons. The quantitative estimate of drug-likeness (QED) is 0.728. The Morgan fingerprint density at radius 2 is 2.04 bits per heavy atom. The molecule has 0 aliphatic carbocycles. The first-order valence-corrected chi connectivity index (χ1v) is 9.95. The van der Waals surface area contributed by atoms with Crippen LogP contribution in [0.4, 0.5) is 5.82 Å². The molecule has 9 heteroatoms. The molecule has 5 rings (SSSR count). The van der Waals surface area contributed by atoms with E-state index in [9.17, 15) is 9.59 Å². The van der Waals surface area contributed by atoms with Crippen LogP contribution in [0, 0.1) is 5.92 Å². The van der Waals surface area contributed by atoms with Crippen LogP contribution in [0.1, 0.15) is 11.3 Å². The third-order valence-electron chi connectivity index (χ3n) is 6.08. The molecule has 1 N–H and O–H groups in total. The lowest BCUT2D eigenvalue weighted by Gasteiger charge is -2.43. The number of fused-ring (bicyclic) bond motifs is 2. The Bertz CT molecular complexity index is 934. The molecule has 0 spiro atoms. The van der Waals surface area contributed by atoms with Crippen molar-refractivity contribution in [2.45, 2.75) is 12.8 Å². The molecule has 9 nitrogen and oxygen atoms in total. The Labute approximate surface area is 163 Å². The van der Waals surface area contributed by atoms with Crippen LogP contribution in [0.5, 0.6) is 0 Å². The summed E-state index contributed by atoms with van der Waals surface area (Å²) in [6.45, 7) is 4.62. The number of piperazine rings is 1. The van der Waals surface area contributed by atoms with E-state index >= 15 is 0 Å². The van der Waals surface area contributed by atoms with Crippen LogP contribution in [0.3, 0.4) is 0 Å². The molecular weight excluding hydrogens is 358 g/mol. The highest BCUT2D eigenvalue weighted by Crippen LogP contribution is 2.32. The number of hydrogen-bond acceptors (Lipinski definition) is 6. The molecule has 0 bridgehead atoms. The van der Waals surface area contributed by atoms with Gasteiger partial charge in [0, 0.05) is 57.8 Å². The molecule has 28 heavy (non-hydrogen) atoms. The third-order valence-corrected chi connectivity index (χ3v) is 6.08. The van der Waals surface area contributed by atoms with Gasteiger partial charge in [-0.25, -0.2) is 4.98 Å². The molecule has 2 aromatic heterocycles. The Kier molecular flexibility index (Phi) is 4.19. The number of carbonyl (C=O) groups is 2. The van der Waals surface area contributed by atoms with Crippen molar-refractivity contribution in [2.24, 2.45) is 5.92 Å². The largest absolute Gasteiger partial charge is 0.354 e. The summed E-state index contributed by atoms with van der Waals surface area (Å²) in [4.78, 5) is 35.2. The van der Waals surface area contributed by atoms with E-state index in [1.807, 2.05) is 10.6 Å². The van der Waals surface area contributed by atoms with Gasteiger partial charge < -0.3 is 20.0 Å². The summed E-state index contributed by atoms with van der Waals surface area (Å²) in [6.07, 6.45) is 3.60. The summed E-state index contributed by atoms with van der Waals surface area (Å²) in [5, 5.41) is 7.92. The maximum absolute atomic E-state index is 12.9. The lowest BCUT2D eigenvalue weighted by atomic mass is 9.96. The summed E-state index contributed by atoms with van der Waals surface area (Å²) in [5.74, 6) is 1.12. The summed E-state index contributed by atoms with van der Waals surface area (Å²) in [6, 6.07) is 1.93. The molecule has 0 saturated carbocycles. The molecule has 3 aliphatic rings. The van der Waals surface area contributed by atoms with Crippen LogP contribution in [-0.4, -0.2) is 89.1 Å². The fraction of sp³-hybridized carbons (Fsp3) is 0.579. The fourth-order valence-corrected chi connectivity index (χ4v) is 4.35. The second-order valence-corrected chi connectivity index (χ2v) is 7.89. The zero-order chi connectivity index (χ0) is 19.3. The number of hydrogen-bond donors (Lipinski definition) is 1. The molecule has 2 fully saturated rings. The first-order valence-electron chi connectivity index (χ1n) is 9.95. The van der Waals surface area contributed by atoms with E-state index < -0.39 is 0 Å². The van der Waals surface area contributed by atoms with E-state index in [-0.39, 0.29) is 24.3 Å². The second kappa shape index (κ2) is 6.73. The van der Waals surface area contributed by atoms with Gasteiger partial charge in [-0.15, -0.1) is 0 Å². The number of carbonyl (C=O) groups excluding carboxylic acids is 2. The predicted octanol–water partition coefficient (Wildman–Crippen LogP) is -0.846. The third kappa shape index (κ3) is 2.81. The molecule has 3 aliphatic heterocycles. The molecule has 2 saturated heterocycles. The highest BCUT2D eigenvalue weighted by Gasteiger charge is 2.39. The topological polar surface area (TPSA) is 86.1 Å². The van der Waals surface area contributed by atoms with Crippen molar-refractivity contribution < 1.29 is 9.59 Å². The smallest absolute Gasteiger partial charge is 0.241 e. The van der Waals surface area contributed by atoms with E-state index in [1.54, 1.807) is 23.0 Å². The Morgan fingerprint density at radius 3 is 2.86 bits per heavy atom. The van der Waals surface area contributed by atoms with Crippen LogP contribution in [-0.2, 0) is 22.4 Å². The van der Waals surface area contributed by atoms with Gasteiger partial charge in [0.1, 0.15) is 5.82 Å². The number of nitrogens with one attached hydrogen (secondary N) is 1. The average molecular weight is 383 g/mol. The van der Waals surface area contributed by atoms with Crippen molar-refractivity contribution in [1.29, 1.82) is 0 Å². The maximum atomic E-state index is 12.9. The van der Waals surface area contributed by atoms with Crippen LogP contribution < -0.4 is 10.2 Å². The lowest BCUT2D eigenvalue weighted by molar-refractivity contribution is -0.147. The Hall–Kier alpha value is -2.68. The minimum atomic E-state index is -0.0606. The van der Waals surface area contributed by atoms with Crippen LogP contribution >= 0.6 is 0 Å². The molecule has 5 heterocycles. The van der Waals surface area contributed by atoms with E-state index in [0.29, 0.717) is 26.2 Å². The van der Waals surface area contributed by atoms with Crippen molar-refractivity contribution in [3.63, 3.8) is 0 Å². The van der Waals surface area contributed by atoms with Gasteiger partial charge in [0.15, 0.2) is 5.65 Å². The van der Waals surface area contributed by atoms with Crippen molar-refractivity contribution in [2.75, 3.05) is 57.8 Å². The standard InChI is InChI=1S/C19H25N7O2/c1-23-8-9-24(12-17(23)27)19(28)13-10-25(11-13)18-14-2-5-20-6-3-15(14)22-16-4-7-21-26(16)18/h4,7,13,20H,2-3,5-6,8-12H2,1H3. The molecule has 2 aromatic rings. The number of anilines is 1. The zero-order valence-corrected chi connectivity index (χ0v) is 16.1. The molecule has 0 atom stereocenters. The molecular formula is C19H25N7O2. The second-order valence-electron chi connectivity index (χ2n) is 7.89. The first kappa shape index (κ1) is 17.4. The highest BCUT2D eigenvalue weighted by molar-refractivity contribution is 5.88. The summed E-state index contributed by atoms with van der Waals surface area (Å²) in [5.41, 5.74) is 3.23. The van der Waals surface area contributed by atoms with Gasteiger partial charge in [-0.1, -0.05) is 0 Å².